The largest absolute Gasteiger partial charge is 0.330 e. The maximum atomic E-state index is 12.2. The second-order valence-corrected chi connectivity index (χ2v) is 4.89. The lowest BCUT2D eigenvalue weighted by Crippen LogP contribution is -2.15. The zero-order valence-corrected chi connectivity index (χ0v) is 11.4. The monoisotopic (exact) mass is 248 g/mol. The van der Waals surface area contributed by atoms with E-state index in [0.29, 0.717) is 13.1 Å². The van der Waals surface area contributed by atoms with Crippen LogP contribution < -0.4 is 11.5 Å². The lowest BCUT2D eigenvalue weighted by Gasteiger charge is -2.15. The molecule has 0 bridgehead atoms. The molecule has 0 spiro atoms. The van der Waals surface area contributed by atoms with E-state index in [1.165, 1.54) is 5.56 Å². The van der Waals surface area contributed by atoms with E-state index in [9.17, 15) is 4.79 Å². The minimum absolute atomic E-state index is 0.0197. The summed E-state index contributed by atoms with van der Waals surface area (Å²) in [6, 6.07) is 5.96. The van der Waals surface area contributed by atoms with Crippen molar-refractivity contribution in [3.8, 4) is 0 Å². The minimum Gasteiger partial charge on any atom is -0.330 e. The van der Waals surface area contributed by atoms with Crippen molar-refractivity contribution in [3.63, 3.8) is 0 Å². The average Bonchev–Trinajstić information content (AvgIpc) is 2.36. The molecule has 0 aliphatic heterocycles. The molecule has 1 aromatic rings. The molecule has 0 aromatic heterocycles. The van der Waals surface area contributed by atoms with Gasteiger partial charge in [-0.15, -0.1) is 0 Å². The average molecular weight is 248 g/mol. The van der Waals surface area contributed by atoms with Gasteiger partial charge in [0.1, 0.15) is 0 Å². The summed E-state index contributed by atoms with van der Waals surface area (Å²) in [7, 11) is 0. The Morgan fingerprint density at radius 1 is 1.17 bits per heavy atom. The molecule has 0 atom stereocenters. The van der Waals surface area contributed by atoms with Crippen LogP contribution in [-0.2, 0) is 12.8 Å². The smallest absolute Gasteiger partial charge is 0.165 e. The van der Waals surface area contributed by atoms with E-state index in [1.807, 2.05) is 26.0 Å². The Hall–Kier alpha value is -1.19. The first-order valence-electron chi connectivity index (χ1n) is 6.67. The molecule has 0 unspecified atom stereocenters. The van der Waals surface area contributed by atoms with Crippen LogP contribution in [0.2, 0.25) is 0 Å². The number of ketones is 1. The molecule has 0 heterocycles. The molecule has 3 heteroatoms. The number of rotatable bonds is 7. The summed E-state index contributed by atoms with van der Waals surface area (Å²) in [6.45, 7) is 5.10. The molecule has 0 aliphatic rings. The van der Waals surface area contributed by atoms with Crippen molar-refractivity contribution >= 4 is 5.78 Å². The molecule has 100 valence electrons. The Labute approximate surface area is 110 Å². The van der Waals surface area contributed by atoms with Crippen LogP contribution in [0.3, 0.4) is 0 Å². The lowest BCUT2D eigenvalue weighted by molar-refractivity contribution is 0.0938. The van der Waals surface area contributed by atoms with Crippen LogP contribution in [0.15, 0.2) is 18.2 Å². The molecular weight excluding hydrogens is 224 g/mol. The number of nitrogens with two attached hydrogens (primary N) is 2. The van der Waals surface area contributed by atoms with Crippen molar-refractivity contribution < 1.29 is 4.79 Å². The summed E-state index contributed by atoms with van der Waals surface area (Å²) in [5.74, 6) is 0.222. The molecule has 0 radical (unpaired) electrons. The Balaban J connectivity index is 3.12. The number of benzene rings is 1. The van der Waals surface area contributed by atoms with E-state index < -0.39 is 0 Å². The van der Waals surface area contributed by atoms with Gasteiger partial charge < -0.3 is 11.5 Å². The highest BCUT2D eigenvalue weighted by Crippen LogP contribution is 2.20. The predicted molar refractivity (Wildman–Crippen MR) is 75.7 cm³/mol. The highest BCUT2D eigenvalue weighted by atomic mass is 16.1. The van der Waals surface area contributed by atoms with E-state index in [4.69, 9.17) is 11.5 Å². The van der Waals surface area contributed by atoms with Crippen LogP contribution in [0.1, 0.15) is 41.8 Å². The van der Waals surface area contributed by atoms with Gasteiger partial charge in [-0.05, 0) is 43.5 Å². The fourth-order valence-corrected chi connectivity index (χ4v) is 2.14. The zero-order chi connectivity index (χ0) is 13.5. The first kappa shape index (κ1) is 14.9. The van der Waals surface area contributed by atoms with E-state index in [-0.39, 0.29) is 11.7 Å². The fraction of sp³-hybridized carbons (Fsp3) is 0.533. The molecule has 18 heavy (non-hydrogen) atoms. The zero-order valence-electron chi connectivity index (χ0n) is 11.4. The molecular formula is C15H24N2O. The maximum Gasteiger partial charge on any atom is 0.165 e. The molecule has 4 N–H and O–H groups in total. The van der Waals surface area contributed by atoms with Gasteiger partial charge in [-0.3, -0.25) is 4.79 Å². The van der Waals surface area contributed by atoms with Crippen molar-refractivity contribution in [2.24, 2.45) is 17.4 Å². The quantitative estimate of drug-likeness (QED) is 0.724. The lowest BCUT2D eigenvalue weighted by atomic mass is 9.90. The molecule has 0 aliphatic carbocycles. The summed E-state index contributed by atoms with van der Waals surface area (Å²) in [6.07, 6.45) is 2.62. The van der Waals surface area contributed by atoms with Crippen LogP contribution in [0.5, 0.6) is 0 Å². The van der Waals surface area contributed by atoms with Gasteiger partial charge in [0.2, 0.25) is 0 Å². The third-order valence-electron chi connectivity index (χ3n) is 3.11. The van der Waals surface area contributed by atoms with Gasteiger partial charge in [-0.2, -0.15) is 0 Å². The Morgan fingerprint density at radius 3 is 2.44 bits per heavy atom. The number of Topliss-reactive ketones (excluding diaryl/α,β-unsaturated/α-hetero) is 1. The molecule has 0 saturated carbocycles. The number of hydrogen-bond donors (Lipinski definition) is 2. The van der Waals surface area contributed by atoms with Crippen LogP contribution in [0.25, 0.3) is 0 Å². The van der Waals surface area contributed by atoms with Gasteiger partial charge in [0, 0.05) is 11.5 Å². The molecule has 1 aromatic carbocycles. The number of carbonyl (C=O) groups is 1. The fourth-order valence-electron chi connectivity index (χ4n) is 2.14. The summed E-state index contributed by atoms with van der Waals surface area (Å²) >= 11 is 0. The second kappa shape index (κ2) is 7.29. The van der Waals surface area contributed by atoms with Gasteiger partial charge in [-0.1, -0.05) is 32.0 Å². The Bertz CT molecular complexity index is 399. The number of hydrogen-bond acceptors (Lipinski definition) is 3. The van der Waals surface area contributed by atoms with E-state index >= 15 is 0 Å². The summed E-state index contributed by atoms with van der Waals surface area (Å²) in [4.78, 5) is 12.2. The standard InChI is InChI=1S/C15H24N2O/c1-11(2)15(18)14-7-3-5-12(6-4-9-16)13(14)8-10-17/h3,5,7,11H,4,6,8-10,16-17H2,1-2H3. The molecule has 0 amide bonds. The van der Waals surface area contributed by atoms with Crippen molar-refractivity contribution in [2.45, 2.75) is 33.1 Å². The second-order valence-electron chi connectivity index (χ2n) is 4.89. The van der Waals surface area contributed by atoms with Gasteiger partial charge in [-0.25, -0.2) is 0 Å². The molecule has 0 fully saturated rings. The third kappa shape index (κ3) is 3.65. The van der Waals surface area contributed by atoms with Gasteiger partial charge in [0.05, 0.1) is 0 Å². The van der Waals surface area contributed by atoms with Crippen LogP contribution in [-0.4, -0.2) is 18.9 Å². The van der Waals surface area contributed by atoms with E-state index in [1.54, 1.807) is 0 Å². The summed E-state index contributed by atoms with van der Waals surface area (Å²) in [5.41, 5.74) is 14.4. The Kier molecular flexibility index (Phi) is 6.02. The van der Waals surface area contributed by atoms with Crippen molar-refractivity contribution in [2.75, 3.05) is 13.1 Å². The maximum absolute atomic E-state index is 12.2. The highest BCUT2D eigenvalue weighted by Gasteiger charge is 2.16. The SMILES string of the molecule is CC(C)C(=O)c1cccc(CCCN)c1CCN. The van der Waals surface area contributed by atoms with Gasteiger partial charge in [0.15, 0.2) is 5.78 Å². The number of aryl methyl sites for hydroxylation is 1. The van der Waals surface area contributed by atoms with Gasteiger partial charge >= 0.3 is 0 Å². The van der Waals surface area contributed by atoms with Crippen molar-refractivity contribution in [1.29, 1.82) is 0 Å². The minimum atomic E-state index is 0.0197. The highest BCUT2D eigenvalue weighted by molar-refractivity contribution is 5.99. The Morgan fingerprint density at radius 2 is 1.89 bits per heavy atom. The molecule has 0 saturated heterocycles. The van der Waals surface area contributed by atoms with E-state index in [2.05, 4.69) is 6.07 Å². The van der Waals surface area contributed by atoms with Crippen LogP contribution >= 0.6 is 0 Å². The first-order valence-corrected chi connectivity index (χ1v) is 6.67. The summed E-state index contributed by atoms with van der Waals surface area (Å²) in [5, 5.41) is 0. The number of carbonyl (C=O) groups excluding carboxylic acids is 1. The topological polar surface area (TPSA) is 69.1 Å². The van der Waals surface area contributed by atoms with Crippen LogP contribution in [0, 0.1) is 5.92 Å². The van der Waals surface area contributed by atoms with Gasteiger partial charge in [0.25, 0.3) is 0 Å². The van der Waals surface area contributed by atoms with Crippen molar-refractivity contribution in [1.82, 2.24) is 0 Å². The predicted octanol–water partition coefficient (Wildman–Crippen LogP) is 1.92. The normalized spacial score (nSPS) is 10.9. The first-order chi connectivity index (χ1) is 8.61. The summed E-state index contributed by atoms with van der Waals surface area (Å²) < 4.78 is 0. The van der Waals surface area contributed by atoms with Crippen molar-refractivity contribution in [3.05, 3.63) is 34.9 Å². The van der Waals surface area contributed by atoms with E-state index in [0.717, 1.165) is 30.4 Å². The molecule has 3 nitrogen and oxygen atoms in total. The third-order valence-corrected chi connectivity index (χ3v) is 3.11. The van der Waals surface area contributed by atoms with Crippen LogP contribution in [0.4, 0.5) is 0 Å². The molecule has 1 rings (SSSR count).